The lowest BCUT2D eigenvalue weighted by Gasteiger charge is -2.07. The number of hydrogen-bond donors (Lipinski definition) is 1. The minimum atomic E-state index is -4.10. The molecule has 0 atom stereocenters. The predicted molar refractivity (Wildman–Crippen MR) is 78.5 cm³/mol. The molecule has 0 aliphatic heterocycles. The van der Waals surface area contributed by atoms with Crippen molar-refractivity contribution >= 4 is 21.7 Å². The van der Waals surface area contributed by atoms with Crippen molar-refractivity contribution in [3.05, 3.63) is 29.3 Å². The Balaban J connectivity index is 2.53. The van der Waals surface area contributed by atoms with Crippen LogP contribution >= 0.6 is 11.6 Å². The fourth-order valence-corrected chi connectivity index (χ4v) is 2.74. The molecular formula is C14H21ClO3S. The van der Waals surface area contributed by atoms with Gasteiger partial charge in [0.05, 0.1) is 4.90 Å². The number of unbranched alkanes of at least 4 members (excludes halogenated alkanes) is 4. The molecule has 0 saturated heterocycles. The van der Waals surface area contributed by atoms with E-state index in [0.29, 0.717) is 0 Å². The van der Waals surface area contributed by atoms with Gasteiger partial charge in [0, 0.05) is 5.88 Å². The van der Waals surface area contributed by atoms with E-state index in [2.05, 4.69) is 0 Å². The second-order valence-electron chi connectivity index (χ2n) is 4.77. The average molecular weight is 305 g/mol. The molecule has 0 spiro atoms. The van der Waals surface area contributed by atoms with Crippen LogP contribution in [0, 0.1) is 6.92 Å². The maximum absolute atomic E-state index is 11.1. The molecule has 0 fully saturated rings. The van der Waals surface area contributed by atoms with E-state index in [-0.39, 0.29) is 4.90 Å². The molecule has 0 aromatic heterocycles. The lowest BCUT2D eigenvalue weighted by Crippen LogP contribution is -2.00. The predicted octanol–water partition coefficient (Wildman–Crippen LogP) is 3.97. The highest BCUT2D eigenvalue weighted by Gasteiger charge is 2.11. The number of benzene rings is 1. The summed E-state index contributed by atoms with van der Waals surface area (Å²) in [5.74, 6) is 0.718. The molecular weight excluding hydrogens is 284 g/mol. The summed E-state index contributed by atoms with van der Waals surface area (Å²) in [5, 5.41) is 0. The molecule has 1 aromatic rings. The Kier molecular flexibility index (Phi) is 6.83. The third-order valence-electron chi connectivity index (χ3n) is 3.20. The maximum atomic E-state index is 11.1. The van der Waals surface area contributed by atoms with Crippen molar-refractivity contribution in [1.82, 2.24) is 0 Å². The summed E-state index contributed by atoms with van der Waals surface area (Å²) in [6, 6.07) is 4.75. The summed E-state index contributed by atoms with van der Waals surface area (Å²) in [7, 11) is -4.10. The van der Waals surface area contributed by atoms with Gasteiger partial charge in [0.1, 0.15) is 0 Å². The van der Waals surface area contributed by atoms with E-state index in [9.17, 15) is 8.42 Å². The first-order valence-electron chi connectivity index (χ1n) is 6.58. The largest absolute Gasteiger partial charge is 0.294 e. The van der Waals surface area contributed by atoms with Crippen molar-refractivity contribution < 1.29 is 13.0 Å². The topological polar surface area (TPSA) is 54.4 Å². The zero-order chi connectivity index (χ0) is 14.3. The second kappa shape index (κ2) is 7.88. The summed E-state index contributed by atoms with van der Waals surface area (Å²) in [6.45, 7) is 1.95. The number of halogens is 1. The molecule has 0 unspecified atom stereocenters. The van der Waals surface area contributed by atoms with Crippen LogP contribution in [-0.4, -0.2) is 18.9 Å². The first-order chi connectivity index (χ1) is 8.95. The van der Waals surface area contributed by atoms with Crippen LogP contribution in [0.3, 0.4) is 0 Å². The third kappa shape index (κ3) is 5.93. The maximum Gasteiger partial charge on any atom is 0.294 e. The third-order valence-corrected chi connectivity index (χ3v) is 4.32. The Hall–Kier alpha value is -0.580. The molecule has 1 aromatic carbocycles. The second-order valence-corrected chi connectivity index (χ2v) is 6.57. The van der Waals surface area contributed by atoms with Crippen LogP contribution in [0.15, 0.2) is 23.1 Å². The smallest absolute Gasteiger partial charge is 0.282 e. The lowest BCUT2D eigenvalue weighted by atomic mass is 10.0. The van der Waals surface area contributed by atoms with Gasteiger partial charge in [0.25, 0.3) is 10.1 Å². The molecule has 0 amide bonds. The van der Waals surface area contributed by atoms with Gasteiger partial charge in [-0.25, -0.2) is 0 Å². The SMILES string of the molecule is Cc1ccc(S(=O)(=O)O)cc1CCCCCCCCl. The van der Waals surface area contributed by atoms with Crippen LogP contribution in [0.1, 0.15) is 43.2 Å². The van der Waals surface area contributed by atoms with Crippen molar-refractivity contribution in [2.24, 2.45) is 0 Å². The number of hydrogen-bond acceptors (Lipinski definition) is 2. The van der Waals surface area contributed by atoms with E-state index in [1.807, 2.05) is 6.92 Å². The van der Waals surface area contributed by atoms with Gasteiger partial charge in [-0.2, -0.15) is 8.42 Å². The van der Waals surface area contributed by atoms with Gasteiger partial charge >= 0.3 is 0 Å². The summed E-state index contributed by atoms with van der Waals surface area (Å²) < 4.78 is 31.2. The molecule has 108 valence electrons. The number of rotatable bonds is 8. The fourth-order valence-electron chi connectivity index (χ4n) is 2.02. The molecule has 19 heavy (non-hydrogen) atoms. The van der Waals surface area contributed by atoms with Crippen molar-refractivity contribution in [3.8, 4) is 0 Å². The summed E-state index contributed by atoms with van der Waals surface area (Å²) in [6.07, 6.45) is 6.34. The van der Waals surface area contributed by atoms with Crippen LogP contribution in [0.25, 0.3) is 0 Å². The van der Waals surface area contributed by atoms with Gasteiger partial charge in [0.2, 0.25) is 0 Å². The Labute approximate surface area is 120 Å². The minimum absolute atomic E-state index is 0.0183. The Morgan fingerprint density at radius 1 is 1.11 bits per heavy atom. The highest BCUT2D eigenvalue weighted by Crippen LogP contribution is 2.18. The van der Waals surface area contributed by atoms with E-state index in [0.717, 1.165) is 55.5 Å². The fraction of sp³-hybridized carbons (Fsp3) is 0.571. The molecule has 0 heterocycles. The molecule has 0 radical (unpaired) electrons. The van der Waals surface area contributed by atoms with E-state index in [1.54, 1.807) is 12.1 Å². The molecule has 0 aliphatic rings. The van der Waals surface area contributed by atoms with Crippen LogP contribution in [0.4, 0.5) is 0 Å². The highest BCUT2D eigenvalue weighted by molar-refractivity contribution is 7.85. The minimum Gasteiger partial charge on any atom is -0.282 e. The molecule has 0 saturated carbocycles. The standard InChI is InChI=1S/C14H21ClO3S/c1-12-8-9-14(19(16,17)18)11-13(12)7-5-3-2-4-6-10-15/h8-9,11H,2-7,10H2,1H3,(H,16,17,18). The monoisotopic (exact) mass is 304 g/mol. The molecule has 0 aliphatic carbocycles. The zero-order valence-electron chi connectivity index (χ0n) is 11.2. The van der Waals surface area contributed by atoms with Gasteiger partial charge in [-0.05, 0) is 49.4 Å². The van der Waals surface area contributed by atoms with Crippen molar-refractivity contribution in [2.45, 2.75) is 50.3 Å². The van der Waals surface area contributed by atoms with Crippen LogP contribution < -0.4 is 0 Å². The Morgan fingerprint density at radius 3 is 2.37 bits per heavy atom. The van der Waals surface area contributed by atoms with E-state index in [1.165, 1.54) is 6.07 Å². The first-order valence-corrected chi connectivity index (χ1v) is 8.55. The average Bonchev–Trinajstić information content (AvgIpc) is 2.34. The van der Waals surface area contributed by atoms with Gasteiger partial charge in [0.15, 0.2) is 0 Å². The highest BCUT2D eigenvalue weighted by atomic mass is 35.5. The van der Waals surface area contributed by atoms with Crippen molar-refractivity contribution in [2.75, 3.05) is 5.88 Å². The molecule has 5 heteroatoms. The van der Waals surface area contributed by atoms with Crippen LogP contribution in [-0.2, 0) is 16.5 Å². The quantitative estimate of drug-likeness (QED) is 0.449. The van der Waals surface area contributed by atoms with Gasteiger partial charge < -0.3 is 0 Å². The van der Waals surface area contributed by atoms with Crippen molar-refractivity contribution in [1.29, 1.82) is 0 Å². The number of alkyl halides is 1. The number of aryl methyl sites for hydroxylation is 2. The van der Waals surface area contributed by atoms with Gasteiger partial charge in [-0.3, -0.25) is 4.55 Å². The summed E-state index contributed by atoms with van der Waals surface area (Å²) in [5.41, 5.74) is 2.06. The lowest BCUT2D eigenvalue weighted by molar-refractivity contribution is 0.483. The molecule has 1 rings (SSSR count). The normalized spacial score (nSPS) is 11.7. The van der Waals surface area contributed by atoms with Crippen LogP contribution in [0.5, 0.6) is 0 Å². The zero-order valence-corrected chi connectivity index (χ0v) is 12.8. The van der Waals surface area contributed by atoms with Crippen LogP contribution in [0.2, 0.25) is 0 Å². The Morgan fingerprint density at radius 2 is 1.74 bits per heavy atom. The first kappa shape index (κ1) is 16.5. The van der Waals surface area contributed by atoms with Gasteiger partial charge in [-0.1, -0.05) is 25.3 Å². The molecule has 0 bridgehead atoms. The van der Waals surface area contributed by atoms with E-state index < -0.39 is 10.1 Å². The van der Waals surface area contributed by atoms with E-state index in [4.69, 9.17) is 16.2 Å². The molecule has 3 nitrogen and oxygen atoms in total. The van der Waals surface area contributed by atoms with E-state index >= 15 is 0 Å². The summed E-state index contributed by atoms with van der Waals surface area (Å²) >= 11 is 5.61. The Bertz CT molecular complexity index is 497. The van der Waals surface area contributed by atoms with Crippen molar-refractivity contribution in [3.63, 3.8) is 0 Å². The summed E-state index contributed by atoms with van der Waals surface area (Å²) in [4.78, 5) is -0.0183. The molecule has 1 N–H and O–H groups in total. The van der Waals surface area contributed by atoms with Gasteiger partial charge in [-0.15, -0.1) is 11.6 Å².